The number of hydrogen-bond donors (Lipinski definition) is 2. The fraction of sp³-hybridized carbons (Fsp3) is 0.414. The topological polar surface area (TPSA) is 142 Å². The van der Waals surface area contributed by atoms with Crippen molar-refractivity contribution in [2.45, 2.75) is 58.4 Å². The SMILES string of the molecule is CCOC(=O)c1c(NC(=O)CCSc2nc(N)c(C#N)c(-c3cccs3)c2C#N)sc2c1CCC(C(C)(C)C)C2. The van der Waals surface area contributed by atoms with Crippen LogP contribution in [0.25, 0.3) is 10.4 Å². The molecule has 208 valence electrons. The molecule has 0 fully saturated rings. The summed E-state index contributed by atoms with van der Waals surface area (Å²) >= 11 is 4.11. The zero-order valence-electron chi connectivity index (χ0n) is 22.9. The fourth-order valence-corrected chi connectivity index (χ4v) is 7.88. The maximum absolute atomic E-state index is 13.0. The highest BCUT2D eigenvalue weighted by Gasteiger charge is 2.34. The van der Waals surface area contributed by atoms with Crippen LogP contribution in [0.1, 0.15) is 72.5 Å². The number of esters is 1. The second kappa shape index (κ2) is 12.4. The highest BCUT2D eigenvalue weighted by Crippen LogP contribution is 2.44. The molecule has 4 rings (SSSR count). The highest BCUT2D eigenvalue weighted by molar-refractivity contribution is 7.99. The molecule has 3 aromatic heterocycles. The lowest BCUT2D eigenvalue weighted by Crippen LogP contribution is -2.26. The van der Waals surface area contributed by atoms with Gasteiger partial charge in [0.05, 0.1) is 17.7 Å². The number of carbonyl (C=O) groups is 2. The number of thiophene rings is 2. The summed E-state index contributed by atoms with van der Waals surface area (Å²) in [6, 6.07) is 7.91. The number of ether oxygens (including phenoxy) is 1. The Morgan fingerprint density at radius 3 is 2.65 bits per heavy atom. The van der Waals surface area contributed by atoms with E-state index in [0.717, 1.165) is 34.6 Å². The van der Waals surface area contributed by atoms with Crippen LogP contribution in [0.2, 0.25) is 0 Å². The number of nitrogens with zero attached hydrogens (tertiary/aromatic N) is 3. The van der Waals surface area contributed by atoms with Crippen molar-refractivity contribution in [2.24, 2.45) is 11.3 Å². The van der Waals surface area contributed by atoms with Crippen LogP contribution in [0, 0.1) is 34.0 Å². The van der Waals surface area contributed by atoms with Crippen molar-refractivity contribution in [2.75, 3.05) is 23.4 Å². The van der Waals surface area contributed by atoms with E-state index in [9.17, 15) is 20.1 Å². The first kappa shape index (κ1) is 29.6. The first-order valence-corrected chi connectivity index (χ1v) is 15.7. The van der Waals surface area contributed by atoms with Crippen LogP contribution in [0.3, 0.4) is 0 Å². The number of rotatable bonds is 8. The van der Waals surface area contributed by atoms with Crippen molar-refractivity contribution in [3.05, 3.63) is 44.6 Å². The first-order valence-electron chi connectivity index (χ1n) is 13.0. The molecule has 0 radical (unpaired) electrons. The number of nitriles is 2. The molecule has 1 aliphatic rings. The van der Waals surface area contributed by atoms with Gasteiger partial charge in [-0.25, -0.2) is 9.78 Å². The molecule has 1 unspecified atom stereocenters. The van der Waals surface area contributed by atoms with E-state index in [0.29, 0.717) is 32.8 Å². The van der Waals surface area contributed by atoms with Crippen LogP contribution in [-0.2, 0) is 22.4 Å². The maximum atomic E-state index is 13.0. The average molecular weight is 594 g/mol. The van der Waals surface area contributed by atoms with E-state index >= 15 is 0 Å². The molecule has 0 bridgehead atoms. The normalized spacial score (nSPS) is 14.6. The molecule has 0 saturated carbocycles. The largest absolute Gasteiger partial charge is 0.462 e. The van der Waals surface area contributed by atoms with Crippen LogP contribution >= 0.6 is 34.4 Å². The fourth-order valence-electron chi connectivity index (χ4n) is 4.83. The number of amides is 1. The molecule has 40 heavy (non-hydrogen) atoms. The third-order valence-corrected chi connectivity index (χ3v) is 10.0. The minimum Gasteiger partial charge on any atom is -0.462 e. The van der Waals surface area contributed by atoms with E-state index in [1.165, 1.54) is 34.4 Å². The Kier molecular flexibility index (Phi) is 9.19. The summed E-state index contributed by atoms with van der Waals surface area (Å²) in [5.41, 5.74) is 8.60. The molecule has 0 spiro atoms. The van der Waals surface area contributed by atoms with Gasteiger partial charge in [0.25, 0.3) is 0 Å². The van der Waals surface area contributed by atoms with Crippen molar-refractivity contribution in [3.8, 4) is 22.6 Å². The Balaban J connectivity index is 1.52. The van der Waals surface area contributed by atoms with Gasteiger partial charge in [0.15, 0.2) is 0 Å². The Labute approximate surface area is 246 Å². The van der Waals surface area contributed by atoms with Gasteiger partial charge in [-0.1, -0.05) is 26.8 Å². The van der Waals surface area contributed by atoms with E-state index in [1.54, 1.807) is 6.92 Å². The van der Waals surface area contributed by atoms with E-state index in [1.807, 2.05) is 17.5 Å². The van der Waals surface area contributed by atoms with Gasteiger partial charge in [0.1, 0.15) is 33.5 Å². The van der Waals surface area contributed by atoms with Crippen molar-refractivity contribution in [1.29, 1.82) is 10.5 Å². The molecule has 1 atom stereocenters. The smallest absolute Gasteiger partial charge is 0.341 e. The van der Waals surface area contributed by atoms with Gasteiger partial charge in [-0.2, -0.15) is 10.5 Å². The number of nitrogens with one attached hydrogen (secondary N) is 1. The number of aromatic nitrogens is 1. The van der Waals surface area contributed by atoms with Crippen LogP contribution in [-0.4, -0.2) is 29.2 Å². The monoisotopic (exact) mass is 593 g/mol. The molecule has 3 heterocycles. The van der Waals surface area contributed by atoms with Gasteiger partial charge in [-0.15, -0.1) is 34.4 Å². The number of carbonyl (C=O) groups excluding carboxylic acids is 2. The molecule has 8 nitrogen and oxygen atoms in total. The quantitative estimate of drug-likeness (QED) is 0.218. The summed E-state index contributed by atoms with van der Waals surface area (Å²) in [5.74, 6) is 0.218. The molecule has 0 aromatic carbocycles. The number of anilines is 2. The number of fused-ring (bicyclic) bond motifs is 1. The summed E-state index contributed by atoms with van der Waals surface area (Å²) in [5, 5.41) is 25.3. The summed E-state index contributed by atoms with van der Waals surface area (Å²) in [7, 11) is 0. The zero-order valence-corrected chi connectivity index (χ0v) is 25.4. The average Bonchev–Trinajstić information content (AvgIpc) is 3.55. The van der Waals surface area contributed by atoms with Gasteiger partial charge in [0.2, 0.25) is 5.91 Å². The predicted molar refractivity (Wildman–Crippen MR) is 161 cm³/mol. The lowest BCUT2D eigenvalue weighted by molar-refractivity contribution is -0.115. The summed E-state index contributed by atoms with van der Waals surface area (Å²) in [6.45, 7) is 8.74. The van der Waals surface area contributed by atoms with Gasteiger partial charge in [-0.05, 0) is 54.5 Å². The molecule has 3 aromatic rings. The van der Waals surface area contributed by atoms with Gasteiger partial charge < -0.3 is 15.8 Å². The second-order valence-corrected chi connectivity index (χ2v) is 13.6. The minimum absolute atomic E-state index is 0.0497. The third-order valence-electron chi connectivity index (χ3n) is 6.97. The van der Waals surface area contributed by atoms with Crippen LogP contribution in [0.5, 0.6) is 0 Å². The molecule has 0 aliphatic heterocycles. The van der Waals surface area contributed by atoms with Crippen LogP contribution in [0.4, 0.5) is 10.8 Å². The lowest BCUT2D eigenvalue weighted by atomic mass is 9.72. The molecule has 3 N–H and O–H groups in total. The number of nitrogens with two attached hydrogens (primary N) is 1. The van der Waals surface area contributed by atoms with Crippen LogP contribution < -0.4 is 11.1 Å². The molecule has 1 aliphatic carbocycles. The summed E-state index contributed by atoms with van der Waals surface area (Å²) in [4.78, 5) is 32.1. The Bertz CT molecular complexity index is 1510. The second-order valence-electron chi connectivity index (χ2n) is 10.5. The number of nitrogen functional groups attached to an aromatic ring is 1. The zero-order chi connectivity index (χ0) is 29.0. The standard InChI is InChI=1S/C29H31N5O3S3/c1-5-37-28(36)24-17-9-8-16(29(2,3)4)13-21(17)40-27(24)33-22(35)10-12-39-26-19(15-31)23(20-7-6-11-38-20)18(14-30)25(32)34-26/h6-7,11,16H,5,8-10,12-13H2,1-4H3,(H2,32,34)(H,33,35). The molecular weight excluding hydrogens is 563 g/mol. The number of hydrogen-bond acceptors (Lipinski definition) is 10. The molecule has 0 saturated heterocycles. The van der Waals surface area contributed by atoms with E-state index in [2.05, 4.69) is 43.2 Å². The number of pyridine rings is 1. The van der Waals surface area contributed by atoms with Gasteiger partial charge in [-0.3, -0.25) is 4.79 Å². The first-order chi connectivity index (χ1) is 19.1. The minimum atomic E-state index is -0.407. The van der Waals surface area contributed by atoms with E-state index in [4.69, 9.17) is 10.5 Å². The highest BCUT2D eigenvalue weighted by atomic mass is 32.2. The molecular formula is C29H31N5O3S3. The maximum Gasteiger partial charge on any atom is 0.341 e. The van der Waals surface area contributed by atoms with E-state index < -0.39 is 5.97 Å². The Morgan fingerprint density at radius 2 is 2.02 bits per heavy atom. The lowest BCUT2D eigenvalue weighted by Gasteiger charge is -2.33. The van der Waals surface area contributed by atoms with E-state index in [-0.39, 0.29) is 41.3 Å². The van der Waals surface area contributed by atoms with Gasteiger partial charge in [0, 0.05) is 27.5 Å². The van der Waals surface area contributed by atoms with Crippen molar-refractivity contribution < 1.29 is 14.3 Å². The Hall–Kier alpha value is -3.38. The Morgan fingerprint density at radius 1 is 1.27 bits per heavy atom. The third kappa shape index (κ3) is 6.17. The van der Waals surface area contributed by atoms with Crippen LogP contribution in [0.15, 0.2) is 22.5 Å². The molecule has 1 amide bonds. The number of thioether (sulfide) groups is 1. The van der Waals surface area contributed by atoms with Gasteiger partial charge >= 0.3 is 5.97 Å². The summed E-state index contributed by atoms with van der Waals surface area (Å²) in [6.07, 6.45) is 2.76. The predicted octanol–water partition coefficient (Wildman–Crippen LogP) is 6.65. The summed E-state index contributed by atoms with van der Waals surface area (Å²) < 4.78 is 5.34. The van der Waals surface area contributed by atoms with Crippen molar-refractivity contribution >= 4 is 57.1 Å². The van der Waals surface area contributed by atoms with Crippen molar-refractivity contribution in [1.82, 2.24) is 4.98 Å². The van der Waals surface area contributed by atoms with Crippen molar-refractivity contribution in [3.63, 3.8) is 0 Å². The molecule has 11 heteroatoms.